The fourth-order valence-electron chi connectivity index (χ4n) is 4.27. The second-order valence-electron chi connectivity index (χ2n) is 8.06. The number of fused-ring (bicyclic) bond motifs is 3. The van der Waals surface area contributed by atoms with Crippen LogP contribution in [-0.4, -0.2) is 55.0 Å². The molecule has 1 atom stereocenters. The van der Waals surface area contributed by atoms with E-state index in [-0.39, 0.29) is 32.0 Å². The van der Waals surface area contributed by atoms with Crippen LogP contribution in [0.2, 0.25) is 0 Å². The molecular formula is C25H30N2O6. The summed E-state index contributed by atoms with van der Waals surface area (Å²) in [5.74, 6) is -1.91. The maximum absolute atomic E-state index is 12.9. The lowest BCUT2D eigenvalue weighted by atomic mass is 9.91. The minimum atomic E-state index is -1.30. The Bertz CT molecular complexity index is 972. The summed E-state index contributed by atoms with van der Waals surface area (Å²) in [6, 6.07) is 14.8. The van der Waals surface area contributed by atoms with Crippen LogP contribution in [0.3, 0.4) is 0 Å². The number of carboxylic acid groups (broad SMARTS) is 1. The van der Waals surface area contributed by atoms with Crippen molar-refractivity contribution in [1.29, 1.82) is 0 Å². The second-order valence-corrected chi connectivity index (χ2v) is 8.06. The number of nitrogens with one attached hydrogen (secondary N) is 2. The summed E-state index contributed by atoms with van der Waals surface area (Å²) in [6.07, 6.45) is -0.202. The number of hydrogen-bond acceptors (Lipinski definition) is 5. The van der Waals surface area contributed by atoms with Gasteiger partial charge in [0, 0.05) is 13.0 Å². The summed E-state index contributed by atoms with van der Waals surface area (Å²) in [6.45, 7) is 3.43. The molecule has 1 aliphatic carbocycles. The number of ether oxygens (including phenoxy) is 2. The summed E-state index contributed by atoms with van der Waals surface area (Å²) < 4.78 is 10.5. The van der Waals surface area contributed by atoms with E-state index in [2.05, 4.69) is 22.8 Å². The van der Waals surface area contributed by atoms with E-state index in [1.54, 1.807) is 13.8 Å². The topological polar surface area (TPSA) is 114 Å². The Morgan fingerprint density at radius 2 is 1.55 bits per heavy atom. The lowest BCUT2D eigenvalue weighted by molar-refractivity contribution is -0.144. The molecule has 0 spiro atoms. The highest BCUT2D eigenvalue weighted by Gasteiger charge is 2.39. The number of carbonyl (C=O) groups is 3. The van der Waals surface area contributed by atoms with Gasteiger partial charge < -0.3 is 25.2 Å². The fraction of sp³-hybridized carbons (Fsp3) is 0.400. The van der Waals surface area contributed by atoms with Crippen LogP contribution in [-0.2, 0) is 19.1 Å². The van der Waals surface area contributed by atoms with Crippen molar-refractivity contribution in [2.75, 3.05) is 20.3 Å². The first-order chi connectivity index (χ1) is 15.9. The van der Waals surface area contributed by atoms with Gasteiger partial charge in [-0.25, -0.2) is 9.59 Å². The average molecular weight is 455 g/mol. The van der Waals surface area contributed by atoms with Gasteiger partial charge in [0.15, 0.2) is 6.04 Å². The van der Waals surface area contributed by atoms with Crippen molar-refractivity contribution in [2.24, 2.45) is 0 Å². The maximum Gasteiger partial charge on any atom is 0.408 e. The van der Waals surface area contributed by atoms with E-state index in [1.807, 2.05) is 36.4 Å². The van der Waals surface area contributed by atoms with E-state index in [1.165, 1.54) is 7.11 Å². The number of methoxy groups -OCH3 is 1. The van der Waals surface area contributed by atoms with Crippen molar-refractivity contribution in [2.45, 2.75) is 44.2 Å². The zero-order valence-electron chi connectivity index (χ0n) is 19.1. The quantitative estimate of drug-likeness (QED) is 0.508. The summed E-state index contributed by atoms with van der Waals surface area (Å²) in [7, 11) is 1.35. The minimum absolute atomic E-state index is 0.104. The van der Waals surface area contributed by atoms with Gasteiger partial charge in [-0.2, -0.15) is 0 Å². The molecule has 176 valence electrons. The number of carboxylic acids is 1. The number of aliphatic carboxylic acids is 1. The molecule has 0 bridgehead atoms. The number of hydrogen-bond donors (Lipinski definition) is 3. The molecule has 0 radical (unpaired) electrons. The van der Waals surface area contributed by atoms with E-state index in [4.69, 9.17) is 9.47 Å². The molecule has 33 heavy (non-hydrogen) atoms. The average Bonchev–Trinajstić information content (AvgIpc) is 3.14. The van der Waals surface area contributed by atoms with Gasteiger partial charge in [0.1, 0.15) is 12.1 Å². The molecule has 3 rings (SSSR count). The summed E-state index contributed by atoms with van der Waals surface area (Å²) >= 11 is 0. The summed E-state index contributed by atoms with van der Waals surface area (Å²) in [5, 5.41) is 14.4. The van der Waals surface area contributed by atoms with Gasteiger partial charge in [0.25, 0.3) is 0 Å². The van der Waals surface area contributed by atoms with E-state index >= 15 is 0 Å². The maximum atomic E-state index is 12.9. The molecule has 3 N–H and O–H groups in total. The molecule has 2 amide bonds. The largest absolute Gasteiger partial charge is 0.480 e. The highest BCUT2D eigenvalue weighted by atomic mass is 16.5. The molecule has 0 unspecified atom stereocenters. The molecule has 2 aromatic carbocycles. The Hall–Kier alpha value is -3.39. The third-order valence-electron chi connectivity index (χ3n) is 6.26. The van der Waals surface area contributed by atoms with Crippen molar-refractivity contribution in [3.63, 3.8) is 0 Å². The molecular weight excluding hydrogens is 424 g/mol. The Kier molecular flexibility index (Phi) is 7.71. The van der Waals surface area contributed by atoms with Crippen LogP contribution in [0.15, 0.2) is 48.5 Å². The van der Waals surface area contributed by atoms with Crippen molar-refractivity contribution in [3.05, 3.63) is 59.7 Å². The van der Waals surface area contributed by atoms with E-state index in [0.717, 1.165) is 22.3 Å². The van der Waals surface area contributed by atoms with Crippen LogP contribution < -0.4 is 10.6 Å². The minimum Gasteiger partial charge on any atom is -0.480 e. The number of alkyl carbamates (subject to hydrolysis) is 1. The van der Waals surface area contributed by atoms with Crippen molar-refractivity contribution < 1.29 is 29.0 Å². The van der Waals surface area contributed by atoms with Gasteiger partial charge >= 0.3 is 12.1 Å². The van der Waals surface area contributed by atoms with E-state index < -0.39 is 29.6 Å². The normalized spacial score (nSPS) is 13.5. The van der Waals surface area contributed by atoms with Crippen LogP contribution in [0.4, 0.5) is 4.79 Å². The first-order valence-electron chi connectivity index (χ1n) is 11.0. The number of amides is 2. The van der Waals surface area contributed by atoms with E-state index in [9.17, 15) is 19.5 Å². The second kappa shape index (κ2) is 10.5. The van der Waals surface area contributed by atoms with Crippen molar-refractivity contribution in [1.82, 2.24) is 10.6 Å². The van der Waals surface area contributed by atoms with Gasteiger partial charge in [0.05, 0.1) is 6.61 Å². The van der Waals surface area contributed by atoms with Crippen LogP contribution in [0, 0.1) is 0 Å². The SMILES string of the molecule is CCC(CC)(NC(=O)OCC1c2ccccc2-c2ccccc21)C(=O)N[C@@H](COC)C(=O)O. The Balaban J connectivity index is 1.71. The lowest BCUT2D eigenvalue weighted by Crippen LogP contribution is -2.61. The Morgan fingerprint density at radius 3 is 2.03 bits per heavy atom. The molecule has 0 saturated heterocycles. The molecule has 0 fully saturated rings. The first kappa shape index (κ1) is 24.3. The fourth-order valence-corrected chi connectivity index (χ4v) is 4.27. The van der Waals surface area contributed by atoms with Gasteiger partial charge in [0.2, 0.25) is 5.91 Å². The van der Waals surface area contributed by atoms with Gasteiger partial charge in [-0.1, -0.05) is 62.4 Å². The molecule has 1 aliphatic rings. The van der Waals surface area contributed by atoms with Gasteiger partial charge in [-0.3, -0.25) is 4.79 Å². The molecule has 8 heteroatoms. The molecule has 2 aromatic rings. The monoisotopic (exact) mass is 454 g/mol. The smallest absolute Gasteiger partial charge is 0.408 e. The number of rotatable bonds is 10. The van der Waals surface area contributed by atoms with Gasteiger partial charge in [-0.15, -0.1) is 0 Å². The first-order valence-corrected chi connectivity index (χ1v) is 11.0. The zero-order chi connectivity index (χ0) is 24.0. The van der Waals surface area contributed by atoms with Crippen LogP contribution in [0.1, 0.15) is 43.7 Å². The van der Waals surface area contributed by atoms with E-state index in [0.29, 0.717) is 0 Å². The summed E-state index contributed by atoms with van der Waals surface area (Å²) in [5.41, 5.74) is 3.12. The Labute approximate surface area is 193 Å². The molecule has 0 heterocycles. The predicted octanol–water partition coefficient (Wildman–Crippen LogP) is 3.30. The van der Waals surface area contributed by atoms with Crippen molar-refractivity contribution in [3.8, 4) is 11.1 Å². The standard InChI is InChI=1S/C25H30N2O6/c1-4-25(5-2,23(30)26-21(15-32-3)22(28)29)27-24(31)33-14-20-18-12-8-6-10-16(18)17-11-7-9-13-19(17)20/h6-13,20-21H,4-5,14-15H2,1-3H3,(H,26,30)(H,27,31)(H,28,29)/t21-/m0/s1. The molecule has 0 saturated carbocycles. The third kappa shape index (κ3) is 5.01. The molecule has 8 nitrogen and oxygen atoms in total. The molecule has 0 aromatic heterocycles. The third-order valence-corrected chi connectivity index (χ3v) is 6.26. The van der Waals surface area contributed by atoms with Gasteiger partial charge in [-0.05, 0) is 35.1 Å². The molecule has 0 aliphatic heterocycles. The lowest BCUT2D eigenvalue weighted by Gasteiger charge is -2.32. The van der Waals surface area contributed by atoms with Crippen molar-refractivity contribution >= 4 is 18.0 Å². The zero-order valence-corrected chi connectivity index (χ0v) is 19.1. The predicted molar refractivity (Wildman–Crippen MR) is 123 cm³/mol. The van der Waals surface area contributed by atoms with Crippen LogP contribution in [0.5, 0.6) is 0 Å². The highest BCUT2D eigenvalue weighted by Crippen LogP contribution is 2.44. The highest BCUT2D eigenvalue weighted by molar-refractivity contribution is 5.92. The Morgan fingerprint density at radius 1 is 1.00 bits per heavy atom. The summed E-state index contributed by atoms with van der Waals surface area (Å²) in [4.78, 5) is 37.1. The number of carbonyl (C=O) groups excluding carboxylic acids is 2. The van der Waals surface area contributed by atoms with Crippen LogP contribution >= 0.6 is 0 Å². The number of benzene rings is 2. The van der Waals surface area contributed by atoms with Crippen LogP contribution in [0.25, 0.3) is 11.1 Å².